The molecule has 1 aromatic carbocycles. The number of carbonyl (C=O) groups is 1. The Balaban J connectivity index is 2.65. The molecule has 82 valence electrons. The summed E-state index contributed by atoms with van der Waals surface area (Å²) in [6.07, 6.45) is 0. The highest BCUT2D eigenvalue weighted by atomic mass is 79.9. The number of rotatable bonds is 3. The molecular formula is C11H13BrFNO. The standard InChI is InChI=1S/C11H13BrFNO/c1-7(12)11(15)14-8(2)9-3-5-10(13)6-4-9/h3-8H,1-2H3,(H,14,15). The van der Waals surface area contributed by atoms with E-state index in [0.29, 0.717) is 0 Å². The van der Waals surface area contributed by atoms with Gasteiger partial charge >= 0.3 is 0 Å². The van der Waals surface area contributed by atoms with Crippen molar-refractivity contribution in [1.82, 2.24) is 5.32 Å². The van der Waals surface area contributed by atoms with E-state index in [4.69, 9.17) is 0 Å². The molecule has 0 bridgehead atoms. The van der Waals surface area contributed by atoms with E-state index in [-0.39, 0.29) is 22.6 Å². The SMILES string of the molecule is CC(Br)C(=O)NC(C)c1ccc(F)cc1. The fraction of sp³-hybridized carbons (Fsp3) is 0.364. The molecule has 0 saturated heterocycles. The third-order valence-corrected chi connectivity index (χ3v) is 2.51. The Labute approximate surface area is 97.0 Å². The number of benzene rings is 1. The molecule has 4 heteroatoms. The maximum Gasteiger partial charge on any atom is 0.233 e. The lowest BCUT2D eigenvalue weighted by Gasteiger charge is -2.15. The second-order valence-corrected chi connectivity index (χ2v) is 4.77. The molecule has 0 aliphatic carbocycles. The van der Waals surface area contributed by atoms with Gasteiger partial charge in [0, 0.05) is 0 Å². The van der Waals surface area contributed by atoms with Crippen LogP contribution >= 0.6 is 15.9 Å². The summed E-state index contributed by atoms with van der Waals surface area (Å²) in [5, 5.41) is 2.81. The molecule has 2 atom stereocenters. The topological polar surface area (TPSA) is 29.1 Å². The predicted octanol–water partition coefficient (Wildman–Crippen LogP) is 2.79. The molecule has 1 aromatic rings. The minimum absolute atomic E-state index is 0.0770. The summed E-state index contributed by atoms with van der Waals surface area (Å²) < 4.78 is 12.6. The van der Waals surface area contributed by atoms with Crippen LogP contribution in [-0.4, -0.2) is 10.7 Å². The maximum atomic E-state index is 12.6. The Bertz CT molecular complexity index is 337. The fourth-order valence-electron chi connectivity index (χ4n) is 1.16. The zero-order valence-electron chi connectivity index (χ0n) is 8.63. The number of amides is 1. The molecule has 15 heavy (non-hydrogen) atoms. The molecule has 0 aliphatic rings. The third kappa shape index (κ3) is 3.63. The summed E-state index contributed by atoms with van der Waals surface area (Å²) in [5.41, 5.74) is 0.887. The van der Waals surface area contributed by atoms with Crippen LogP contribution in [0.25, 0.3) is 0 Å². The predicted molar refractivity (Wildman–Crippen MR) is 61.3 cm³/mol. The average Bonchev–Trinajstić information content (AvgIpc) is 2.18. The van der Waals surface area contributed by atoms with Crippen LogP contribution in [0.3, 0.4) is 0 Å². The van der Waals surface area contributed by atoms with Crippen molar-refractivity contribution in [3.05, 3.63) is 35.6 Å². The lowest BCUT2D eigenvalue weighted by atomic mass is 10.1. The van der Waals surface area contributed by atoms with E-state index in [1.165, 1.54) is 12.1 Å². The van der Waals surface area contributed by atoms with Gasteiger partial charge in [-0.25, -0.2) is 4.39 Å². The summed E-state index contributed by atoms with van der Waals surface area (Å²) >= 11 is 3.18. The molecule has 0 spiro atoms. The zero-order chi connectivity index (χ0) is 11.4. The van der Waals surface area contributed by atoms with Crippen molar-refractivity contribution in [2.24, 2.45) is 0 Å². The van der Waals surface area contributed by atoms with Crippen LogP contribution in [0.2, 0.25) is 0 Å². The average molecular weight is 274 g/mol. The minimum Gasteiger partial charge on any atom is -0.349 e. The summed E-state index contributed by atoms with van der Waals surface area (Å²) in [7, 11) is 0. The Hall–Kier alpha value is -0.900. The summed E-state index contributed by atoms with van der Waals surface area (Å²) in [6, 6.07) is 5.99. The van der Waals surface area contributed by atoms with Crippen molar-refractivity contribution in [1.29, 1.82) is 0 Å². The molecule has 2 nitrogen and oxygen atoms in total. The van der Waals surface area contributed by atoms with Crippen molar-refractivity contribution in [2.75, 3.05) is 0 Å². The van der Waals surface area contributed by atoms with E-state index in [9.17, 15) is 9.18 Å². The molecule has 0 heterocycles. The molecular weight excluding hydrogens is 261 g/mol. The summed E-state index contributed by atoms with van der Waals surface area (Å²) in [4.78, 5) is 11.1. The van der Waals surface area contributed by atoms with Crippen LogP contribution in [0, 0.1) is 5.82 Å². The van der Waals surface area contributed by atoms with Gasteiger partial charge in [0.15, 0.2) is 0 Å². The normalized spacial score (nSPS) is 14.4. The highest BCUT2D eigenvalue weighted by Gasteiger charge is 2.13. The van der Waals surface area contributed by atoms with Crippen molar-refractivity contribution in [3.8, 4) is 0 Å². The summed E-state index contributed by atoms with van der Waals surface area (Å²) in [5.74, 6) is -0.349. The number of nitrogens with one attached hydrogen (secondary N) is 1. The number of halogens is 2. The number of alkyl halides is 1. The largest absolute Gasteiger partial charge is 0.349 e. The van der Waals surface area contributed by atoms with Crippen molar-refractivity contribution in [3.63, 3.8) is 0 Å². The van der Waals surface area contributed by atoms with Gasteiger partial charge in [-0.2, -0.15) is 0 Å². The monoisotopic (exact) mass is 273 g/mol. The van der Waals surface area contributed by atoms with Crippen LogP contribution in [0.5, 0.6) is 0 Å². The van der Waals surface area contributed by atoms with Crippen LogP contribution in [0.15, 0.2) is 24.3 Å². The molecule has 0 saturated carbocycles. The molecule has 0 aromatic heterocycles. The second-order valence-electron chi connectivity index (χ2n) is 3.40. The van der Waals surface area contributed by atoms with Crippen LogP contribution < -0.4 is 5.32 Å². The molecule has 2 unspecified atom stereocenters. The van der Waals surface area contributed by atoms with E-state index >= 15 is 0 Å². The molecule has 0 fully saturated rings. The van der Waals surface area contributed by atoms with Gasteiger partial charge in [0.25, 0.3) is 0 Å². The Morgan fingerprint density at radius 3 is 2.33 bits per heavy atom. The van der Waals surface area contributed by atoms with Gasteiger partial charge in [0.05, 0.1) is 10.9 Å². The fourth-order valence-corrected chi connectivity index (χ4v) is 1.30. The molecule has 0 aliphatic heterocycles. The number of hydrogen-bond acceptors (Lipinski definition) is 1. The van der Waals surface area contributed by atoms with Crippen molar-refractivity contribution < 1.29 is 9.18 Å². The molecule has 1 N–H and O–H groups in total. The molecule has 0 radical (unpaired) electrons. The van der Waals surface area contributed by atoms with E-state index in [1.807, 2.05) is 6.92 Å². The lowest BCUT2D eigenvalue weighted by molar-refractivity contribution is -0.120. The first-order valence-electron chi connectivity index (χ1n) is 4.70. The van der Waals surface area contributed by atoms with Gasteiger partial charge in [-0.3, -0.25) is 4.79 Å². The first-order chi connectivity index (χ1) is 7.00. The van der Waals surface area contributed by atoms with E-state index in [2.05, 4.69) is 21.2 Å². The number of carbonyl (C=O) groups excluding carboxylic acids is 1. The first kappa shape index (κ1) is 12.2. The molecule has 1 amide bonds. The Morgan fingerprint density at radius 1 is 1.33 bits per heavy atom. The van der Waals surface area contributed by atoms with Crippen molar-refractivity contribution in [2.45, 2.75) is 24.7 Å². The highest BCUT2D eigenvalue weighted by Crippen LogP contribution is 2.13. The van der Waals surface area contributed by atoms with Gasteiger partial charge < -0.3 is 5.32 Å². The first-order valence-corrected chi connectivity index (χ1v) is 5.62. The zero-order valence-corrected chi connectivity index (χ0v) is 10.2. The molecule has 1 rings (SSSR count). The van der Waals surface area contributed by atoms with E-state index in [1.54, 1.807) is 19.1 Å². The van der Waals surface area contributed by atoms with Gasteiger partial charge in [-0.05, 0) is 31.5 Å². The van der Waals surface area contributed by atoms with Crippen molar-refractivity contribution >= 4 is 21.8 Å². The quantitative estimate of drug-likeness (QED) is 0.844. The van der Waals surface area contributed by atoms with Crippen LogP contribution in [0.4, 0.5) is 4.39 Å². The van der Waals surface area contributed by atoms with Gasteiger partial charge in [0.2, 0.25) is 5.91 Å². The maximum absolute atomic E-state index is 12.6. The van der Waals surface area contributed by atoms with E-state index < -0.39 is 0 Å². The van der Waals surface area contributed by atoms with E-state index in [0.717, 1.165) is 5.56 Å². The van der Waals surface area contributed by atoms with Gasteiger partial charge in [-0.1, -0.05) is 28.1 Å². The second kappa shape index (κ2) is 5.26. The minimum atomic E-state index is -0.272. The van der Waals surface area contributed by atoms with Crippen LogP contribution in [-0.2, 0) is 4.79 Å². The smallest absolute Gasteiger partial charge is 0.233 e. The summed E-state index contributed by atoms with van der Waals surface area (Å²) in [6.45, 7) is 3.62. The van der Waals surface area contributed by atoms with Gasteiger partial charge in [0.1, 0.15) is 5.82 Å². The lowest BCUT2D eigenvalue weighted by Crippen LogP contribution is -2.31. The van der Waals surface area contributed by atoms with Crippen LogP contribution in [0.1, 0.15) is 25.5 Å². The highest BCUT2D eigenvalue weighted by molar-refractivity contribution is 9.10. The Kier molecular flexibility index (Phi) is 4.27. The van der Waals surface area contributed by atoms with Gasteiger partial charge in [-0.15, -0.1) is 0 Å². The Morgan fingerprint density at radius 2 is 1.87 bits per heavy atom. The third-order valence-electron chi connectivity index (χ3n) is 2.09. The number of hydrogen-bond donors (Lipinski definition) is 1.